The average molecular weight is 474 g/mol. The van der Waals surface area contributed by atoms with Crippen LogP contribution in [0.25, 0.3) is 0 Å². The van der Waals surface area contributed by atoms with Gasteiger partial charge >= 0.3 is 5.97 Å². The van der Waals surface area contributed by atoms with Gasteiger partial charge in [0.05, 0.1) is 42.8 Å². The van der Waals surface area contributed by atoms with Crippen molar-refractivity contribution < 1.29 is 24.5 Å². The lowest BCUT2D eigenvalue weighted by atomic mass is 10.0. The number of carboxylic acids is 1. The number of hydrogen-bond acceptors (Lipinski definition) is 7. The number of benzene rings is 1. The number of carbonyl (C=O) groups excluding carboxylic acids is 1. The minimum atomic E-state index is -0.950. The number of ether oxygens (including phenoxy) is 1. The molecular weight excluding hydrogens is 438 g/mol. The summed E-state index contributed by atoms with van der Waals surface area (Å²) in [4.78, 5) is 28.1. The zero-order valence-corrected chi connectivity index (χ0v) is 20.1. The molecule has 0 radical (unpaired) electrons. The van der Waals surface area contributed by atoms with E-state index in [1.165, 1.54) is 0 Å². The van der Waals surface area contributed by atoms with Gasteiger partial charge in [0.15, 0.2) is 0 Å². The van der Waals surface area contributed by atoms with Gasteiger partial charge < -0.3 is 19.8 Å². The van der Waals surface area contributed by atoms with Crippen molar-refractivity contribution in [3.63, 3.8) is 0 Å². The van der Waals surface area contributed by atoms with E-state index in [1.54, 1.807) is 34.0 Å². The van der Waals surface area contributed by atoms with Gasteiger partial charge in [0.25, 0.3) is 0 Å². The summed E-state index contributed by atoms with van der Waals surface area (Å²) >= 11 is 0. The number of aliphatic hydroxyl groups excluding tert-OH is 1. The third-order valence-electron chi connectivity index (χ3n) is 6.26. The lowest BCUT2D eigenvalue weighted by molar-refractivity contribution is -0.136. The number of aryl methyl sites for hydroxylation is 1. The van der Waals surface area contributed by atoms with Crippen LogP contribution in [0.15, 0.2) is 30.5 Å². The molecule has 1 amide bonds. The number of likely N-dealkylation sites (N-methyl/N-ethyl adjacent to an activating group) is 1. The van der Waals surface area contributed by atoms with Crippen molar-refractivity contribution in [2.75, 3.05) is 26.7 Å². The first-order chi connectivity index (χ1) is 16.3. The number of carboxylic acid groups (broad SMARTS) is 1. The van der Waals surface area contributed by atoms with Crippen molar-refractivity contribution in [1.82, 2.24) is 24.8 Å². The molecule has 186 valence electrons. The largest absolute Gasteiger partial charge is 0.478 e. The van der Waals surface area contributed by atoms with Crippen LogP contribution in [0.5, 0.6) is 0 Å². The van der Waals surface area contributed by atoms with Crippen LogP contribution in [0.2, 0.25) is 0 Å². The highest BCUT2D eigenvalue weighted by molar-refractivity contribution is 5.87. The number of amides is 1. The molecule has 10 heteroatoms. The van der Waals surface area contributed by atoms with E-state index in [4.69, 9.17) is 4.74 Å². The molecule has 1 aliphatic rings. The molecule has 2 N–H and O–H groups in total. The van der Waals surface area contributed by atoms with Gasteiger partial charge in [0.2, 0.25) is 5.91 Å². The van der Waals surface area contributed by atoms with Crippen molar-refractivity contribution in [3.05, 3.63) is 47.3 Å². The minimum absolute atomic E-state index is 0.00508. The first-order valence-electron chi connectivity index (χ1n) is 11.7. The topological polar surface area (TPSA) is 121 Å². The molecule has 10 nitrogen and oxygen atoms in total. The Labute approximate surface area is 200 Å². The number of carbonyl (C=O) groups is 2. The van der Waals surface area contributed by atoms with E-state index in [0.29, 0.717) is 45.6 Å². The summed E-state index contributed by atoms with van der Waals surface area (Å²) in [5.74, 6) is -0.948. The molecule has 2 aromatic rings. The van der Waals surface area contributed by atoms with Crippen molar-refractivity contribution in [3.8, 4) is 0 Å². The van der Waals surface area contributed by atoms with E-state index in [-0.39, 0.29) is 36.1 Å². The lowest BCUT2D eigenvalue weighted by Crippen LogP contribution is -2.47. The van der Waals surface area contributed by atoms with Crippen molar-refractivity contribution in [1.29, 1.82) is 0 Å². The molecule has 34 heavy (non-hydrogen) atoms. The fraction of sp³-hybridized carbons (Fsp3) is 0.583. The lowest BCUT2D eigenvalue weighted by Gasteiger charge is -2.35. The number of aromatic nitrogens is 3. The number of hydrogen-bond donors (Lipinski definition) is 2. The van der Waals surface area contributed by atoms with Gasteiger partial charge in [-0.1, -0.05) is 24.3 Å². The predicted molar refractivity (Wildman–Crippen MR) is 125 cm³/mol. The SMILES string of the molecule is C[C@@H]1CN([C@@H](C)CO)C(=O)CCCn2nncc2CO[C@@H]1CN(C)Cc1cccc(C(=O)O)c1. The fourth-order valence-corrected chi connectivity index (χ4v) is 4.23. The zero-order valence-electron chi connectivity index (χ0n) is 20.1. The fourth-order valence-electron chi connectivity index (χ4n) is 4.23. The van der Waals surface area contributed by atoms with Crippen LogP contribution < -0.4 is 0 Å². The molecule has 0 unspecified atom stereocenters. The smallest absolute Gasteiger partial charge is 0.335 e. The van der Waals surface area contributed by atoms with Crippen LogP contribution >= 0.6 is 0 Å². The van der Waals surface area contributed by atoms with Gasteiger partial charge in [0, 0.05) is 38.5 Å². The van der Waals surface area contributed by atoms with Gasteiger partial charge in [-0.2, -0.15) is 0 Å². The van der Waals surface area contributed by atoms with E-state index in [0.717, 1.165) is 11.3 Å². The van der Waals surface area contributed by atoms with Crippen LogP contribution in [0.4, 0.5) is 0 Å². The molecule has 1 aromatic heterocycles. The van der Waals surface area contributed by atoms with E-state index in [9.17, 15) is 19.8 Å². The molecule has 0 saturated carbocycles. The Balaban J connectivity index is 1.77. The second-order valence-electron chi connectivity index (χ2n) is 9.16. The highest BCUT2D eigenvalue weighted by atomic mass is 16.5. The van der Waals surface area contributed by atoms with E-state index < -0.39 is 5.97 Å². The normalized spacial score (nSPS) is 21.0. The first kappa shape index (κ1) is 25.8. The van der Waals surface area contributed by atoms with Crippen molar-refractivity contribution in [2.24, 2.45) is 5.92 Å². The van der Waals surface area contributed by atoms with Crippen LogP contribution in [0, 0.1) is 5.92 Å². The Hall–Kier alpha value is -2.82. The first-order valence-corrected chi connectivity index (χ1v) is 11.7. The monoisotopic (exact) mass is 473 g/mol. The third kappa shape index (κ3) is 6.85. The van der Waals surface area contributed by atoms with Gasteiger partial charge in [-0.25, -0.2) is 9.48 Å². The van der Waals surface area contributed by atoms with Gasteiger partial charge in [-0.15, -0.1) is 5.10 Å². The third-order valence-corrected chi connectivity index (χ3v) is 6.26. The highest BCUT2D eigenvalue weighted by Crippen LogP contribution is 2.19. The number of aromatic carboxylic acids is 1. The summed E-state index contributed by atoms with van der Waals surface area (Å²) in [6, 6.07) is 6.63. The standard InChI is InChI=1S/C24H35N5O5/c1-17-12-28(18(2)15-30)23(31)8-5-9-29-21(11-25-26-29)16-34-22(17)14-27(3)13-19-6-4-7-20(10-19)24(32)33/h4,6-7,10-11,17-18,22,30H,5,8-9,12-16H2,1-3H3,(H,32,33)/t17-,18+,22-/m1/s1. The molecule has 0 spiro atoms. The predicted octanol–water partition coefficient (Wildman–Crippen LogP) is 1.63. The molecule has 1 aliphatic heterocycles. The van der Waals surface area contributed by atoms with Gasteiger partial charge in [-0.3, -0.25) is 9.69 Å². The van der Waals surface area contributed by atoms with Crippen LogP contribution in [-0.2, 0) is 29.2 Å². The maximum atomic E-state index is 13.0. The summed E-state index contributed by atoms with van der Waals surface area (Å²) in [5, 5.41) is 27.1. The molecule has 3 atom stereocenters. The van der Waals surface area contributed by atoms with Gasteiger partial charge in [0.1, 0.15) is 0 Å². The van der Waals surface area contributed by atoms with Crippen molar-refractivity contribution in [2.45, 2.75) is 58.5 Å². The molecule has 3 rings (SSSR count). The molecule has 2 heterocycles. The van der Waals surface area contributed by atoms with Crippen molar-refractivity contribution >= 4 is 11.9 Å². The van der Waals surface area contributed by atoms with Crippen LogP contribution in [-0.4, -0.2) is 85.8 Å². The zero-order chi connectivity index (χ0) is 24.7. The summed E-state index contributed by atoms with van der Waals surface area (Å²) in [5.41, 5.74) is 2.02. The molecule has 0 bridgehead atoms. The Morgan fingerprint density at radius 1 is 1.38 bits per heavy atom. The van der Waals surface area contributed by atoms with E-state index in [1.807, 2.05) is 20.0 Å². The van der Waals surface area contributed by atoms with Crippen LogP contribution in [0.3, 0.4) is 0 Å². The van der Waals surface area contributed by atoms with Gasteiger partial charge in [-0.05, 0) is 38.1 Å². The Kier molecular flexibility index (Phi) is 9.14. The number of aliphatic hydroxyl groups is 1. The number of nitrogens with zero attached hydrogens (tertiary/aromatic N) is 5. The number of fused-ring (bicyclic) bond motifs is 1. The summed E-state index contributed by atoms with van der Waals surface area (Å²) < 4.78 is 8.12. The Morgan fingerprint density at radius 2 is 2.18 bits per heavy atom. The summed E-state index contributed by atoms with van der Waals surface area (Å²) in [7, 11) is 1.96. The molecular formula is C24H35N5O5. The highest BCUT2D eigenvalue weighted by Gasteiger charge is 2.28. The second kappa shape index (κ2) is 12.0. The average Bonchev–Trinajstić information content (AvgIpc) is 3.26. The van der Waals surface area contributed by atoms with E-state index >= 15 is 0 Å². The summed E-state index contributed by atoms with van der Waals surface area (Å²) in [6.45, 7) is 6.35. The molecule has 0 saturated heterocycles. The Bertz CT molecular complexity index is 965. The Morgan fingerprint density at radius 3 is 2.91 bits per heavy atom. The maximum Gasteiger partial charge on any atom is 0.335 e. The molecule has 0 fully saturated rings. The molecule has 0 aliphatic carbocycles. The quantitative estimate of drug-likeness (QED) is 0.623. The molecule has 1 aromatic carbocycles. The second-order valence-corrected chi connectivity index (χ2v) is 9.16. The van der Waals surface area contributed by atoms with E-state index in [2.05, 4.69) is 22.1 Å². The minimum Gasteiger partial charge on any atom is -0.478 e. The maximum absolute atomic E-state index is 13.0. The summed E-state index contributed by atoms with van der Waals surface area (Å²) in [6.07, 6.45) is 2.49. The number of rotatable bonds is 7. The van der Waals surface area contributed by atoms with Crippen LogP contribution in [0.1, 0.15) is 48.3 Å².